The molecule has 0 unspecified atom stereocenters. The SMILES string of the molecule is CC(C)(C)OC(=O)Nc1c(C(F)(F)F)nn(C2CC2)c1C(=O)OCCl. The van der Waals surface area contributed by atoms with Gasteiger partial charge in [-0.3, -0.25) is 10.00 Å². The van der Waals surface area contributed by atoms with Crippen LogP contribution in [0.3, 0.4) is 0 Å². The number of carbonyl (C=O) groups excluding carboxylic acids is 2. The van der Waals surface area contributed by atoms with Crippen LogP contribution in [0.25, 0.3) is 0 Å². The van der Waals surface area contributed by atoms with Gasteiger partial charge in [0.1, 0.15) is 11.3 Å². The monoisotopic (exact) mass is 383 g/mol. The van der Waals surface area contributed by atoms with Crippen molar-refractivity contribution in [1.29, 1.82) is 0 Å². The number of ether oxygens (including phenoxy) is 2. The van der Waals surface area contributed by atoms with Gasteiger partial charge >= 0.3 is 18.2 Å². The van der Waals surface area contributed by atoms with E-state index in [1.165, 1.54) is 0 Å². The zero-order valence-corrected chi connectivity index (χ0v) is 14.5. The van der Waals surface area contributed by atoms with Crippen molar-refractivity contribution in [3.63, 3.8) is 0 Å². The van der Waals surface area contributed by atoms with Crippen LogP contribution in [0.5, 0.6) is 0 Å². The molecule has 0 radical (unpaired) electrons. The number of alkyl halides is 4. The largest absolute Gasteiger partial charge is 0.445 e. The number of carbonyl (C=O) groups is 2. The standard InChI is InChI=1S/C14H17ClF3N3O4/c1-13(2,3)25-12(23)19-8-9(11(22)24-6-15)21(7-4-5-7)20-10(8)14(16,17)18/h7H,4-6H2,1-3H3,(H,19,23). The third kappa shape index (κ3) is 4.77. The second-order valence-corrected chi connectivity index (χ2v) is 6.63. The Labute approximate surface area is 146 Å². The van der Waals surface area contributed by atoms with Crippen LogP contribution < -0.4 is 5.32 Å². The number of esters is 1. The summed E-state index contributed by atoms with van der Waals surface area (Å²) in [5, 5.41) is 5.45. The zero-order valence-electron chi connectivity index (χ0n) is 13.7. The number of amides is 1. The maximum atomic E-state index is 13.3. The van der Waals surface area contributed by atoms with E-state index in [1.54, 1.807) is 20.8 Å². The van der Waals surface area contributed by atoms with E-state index in [-0.39, 0.29) is 6.04 Å². The maximum absolute atomic E-state index is 13.3. The molecule has 1 saturated carbocycles. The average molecular weight is 384 g/mol. The third-order valence-electron chi connectivity index (χ3n) is 3.08. The molecule has 1 aromatic heterocycles. The summed E-state index contributed by atoms with van der Waals surface area (Å²) in [5.74, 6) is -1.11. The van der Waals surface area contributed by atoms with Crippen LogP contribution in [-0.2, 0) is 15.7 Å². The quantitative estimate of drug-likeness (QED) is 0.629. The number of hydrogen-bond acceptors (Lipinski definition) is 5. The molecule has 1 aliphatic carbocycles. The molecule has 1 aliphatic rings. The molecule has 0 aromatic carbocycles. The van der Waals surface area contributed by atoms with Crippen LogP contribution in [0.4, 0.5) is 23.7 Å². The fraction of sp³-hybridized carbons (Fsp3) is 0.643. The van der Waals surface area contributed by atoms with E-state index in [2.05, 4.69) is 9.84 Å². The molecule has 1 aromatic rings. The van der Waals surface area contributed by atoms with Gasteiger partial charge in [0, 0.05) is 0 Å². The highest BCUT2D eigenvalue weighted by Crippen LogP contribution is 2.42. The lowest BCUT2D eigenvalue weighted by Crippen LogP contribution is -2.28. The molecule has 0 atom stereocenters. The lowest BCUT2D eigenvalue weighted by atomic mass is 10.2. The van der Waals surface area contributed by atoms with Gasteiger partial charge in [-0.25, -0.2) is 9.59 Å². The molecule has 0 spiro atoms. The molecule has 0 aliphatic heterocycles. The minimum atomic E-state index is -4.89. The molecule has 25 heavy (non-hydrogen) atoms. The highest BCUT2D eigenvalue weighted by atomic mass is 35.5. The second kappa shape index (κ2) is 6.74. The fourth-order valence-corrected chi connectivity index (χ4v) is 2.15. The highest BCUT2D eigenvalue weighted by Gasteiger charge is 2.44. The first kappa shape index (κ1) is 19.4. The van der Waals surface area contributed by atoms with Crippen molar-refractivity contribution in [3.05, 3.63) is 11.4 Å². The van der Waals surface area contributed by atoms with Crippen LogP contribution in [0.1, 0.15) is 55.8 Å². The molecule has 0 bridgehead atoms. The first-order valence-corrected chi connectivity index (χ1v) is 7.90. The van der Waals surface area contributed by atoms with Gasteiger partial charge in [-0.15, -0.1) is 0 Å². The van der Waals surface area contributed by atoms with Crippen molar-refractivity contribution in [2.75, 3.05) is 11.4 Å². The first-order chi connectivity index (χ1) is 11.4. The number of rotatable bonds is 4. The Morgan fingerprint density at radius 3 is 2.36 bits per heavy atom. The van der Waals surface area contributed by atoms with Crippen LogP contribution in [-0.4, -0.2) is 33.5 Å². The normalized spacial score (nSPS) is 15.0. The summed E-state index contributed by atoms with van der Waals surface area (Å²) in [5.41, 5.74) is -3.65. The Morgan fingerprint density at radius 1 is 1.32 bits per heavy atom. The van der Waals surface area contributed by atoms with Crippen molar-refractivity contribution in [1.82, 2.24) is 9.78 Å². The van der Waals surface area contributed by atoms with Gasteiger partial charge in [-0.05, 0) is 33.6 Å². The van der Waals surface area contributed by atoms with Crippen LogP contribution >= 0.6 is 11.6 Å². The molecular formula is C14H17ClF3N3O4. The number of aromatic nitrogens is 2. The summed E-state index contributed by atoms with van der Waals surface area (Å²) in [6, 6.07) is -0.921. The maximum Gasteiger partial charge on any atom is 0.437 e. The summed E-state index contributed by atoms with van der Waals surface area (Å²) < 4.78 is 50.4. The Bertz CT molecular complexity index is 678. The summed E-state index contributed by atoms with van der Waals surface area (Å²) in [6.07, 6.45) is -4.91. The predicted molar refractivity (Wildman–Crippen MR) is 81.5 cm³/mol. The van der Waals surface area contributed by atoms with Gasteiger partial charge in [-0.1, -0.05) is 11.6 Å². The number of nitrogens with one attached hydrogen (secondary N) is 1. The fourth-order valence-electron chi connectivity index (χ4n) is 2.05. The molecule has 11 heteroatoms. The van der Waals surface area contributed by atoms with Gasteiger partial charge in [-0.2, -0.15) is 18.3 Å². The molecule has 1 fully saturated rings. The molecule has 1 N–H and O–H groups in total. The van der Waals surface area contributed by atoms with Gasteiger partial charge in [0.05, 0.1) is 6.04 Å². The summed E-state index contributed by atoms with van der Waals surface area (Å²) in [4.78, 5) is 24.0. The van der Waals surface area contributed by atoms with Gasteiger partial charge in [0.25, 0.3) is 0 Å². The third-order valence-corrected chi connectivity index (χ3v) is 3.19. The lowest BCUT2D eigenvalue weighted by molar-refractivity contribution is -0.140. The molecule has 1 amide bonds. The molecular weight excluding hydrogens is 367 g/mol. The number of halogens is 4. The Morgan fingerprint density at radius 2 is 1.92 bits per heavy atom. The minimum absolute atomic E-state index is 0.367. The van der Waals surface area contributed by atoms with E-state index < -0.39 is 47.0 Å². The van der Waals surface area contributed by atoms with Gasteiger partial charge in [0.2, 0.25) is 0 Å². The van der Waals surface area contributed by atoms with Crippen molar-refractivity contribution < 1.29 is 32.2 Å². The van der Waals surface area contributed by atoms with Crippen LogP contribution in [0, 0.1) is 0 Å². The van der Waals surface area contributed by atoms with Crippen molar-refractivity contribution >= 4 is 29.4 Å². The highest BCUT2D eigenvalue weighted by molar-refractivity contribution is 6.18. The van der Waals surface area contributed by atoms with E-state index in [4.69, 9.17) is 16.3 Å². The van der Waals surface area contributed by atoms with Gasteiger partial charge in [0.15, 0.2) is 17.5 Å². The molecule has 0 saturated heterocycles. The van der Waals surface area contributed by atoms with Crippen molar-refractivity contribution in [3.8, 4) is 0 Å². The van der Waals surface area contributed by atoms with Crippen LogP contribution in [0.15, 0.2) is 0 Å². The van der Waals surface area contributed by atoms with E-state index in [1.807, 2.05) is 5.32 Å². The molecule has 7 nitrogen and oxygen atoms in total. The Balaban J connectivity index is 2.49. The Kier molecular flexibility index (Phi) is 5.22. The smallest absolute Gasteiger partial charge is 0.437 e. The van der Waals surface area contributed by atoms with Crippen molar-refractivity contribution in [2.45, 2.75) is 51.4 Å². The number of hydrogen-bond donors (Lipinski definition) is 1. The van der Waals surface area contributed by atoms with Crippen LogP contribution in [0.2, 0.25) is 0 Å². The topological polar surface area (TPSA) is 82.5 Å². The van der Waals surface area contributed by atoms with E-state index in [0.717, 1.165) is 4.68 Å². The minimum Gasteiger partial charge on any atom is -0.445 e. The lowest BCUT2D eigenvalue weighted by Gasteiger charge is -2.20. The van der Waals surface area contributed by atoms with E-state index >= 15 is 0 Å². The Hall–Kier alpha value is -1.97. The average Bonchev–Trinajstić information content (AvgIpc) is 3.17. The van der Waals surface area contributed by atoms with E-state index in [9.17, 15) is 22.8 Å². The zero-order chi connectivity index (χ0) is 19.0. The first-order valence-electron chi connectivity index (χ1n) is 7.37. The summed E-state index contributed by atoms with van der Waals surface area (Å²) in [7, 11) is 0. The summed E-state index contributed by atoms with van der Waals surface area (Å²) in [6.45, 7) is 4.65. The number of anilines is 1. The molecule has 2 rings (SSSR count). The molecule has 140 valence electrons. The summed E-state index contributed by atoms with van der Waals surface area (Å²) >= 11 is 5.33. The van der Waals surface area contributed by atoms with Gasteiger partial charge < -0.3 is 9.47 Å². The molecule has 1 heterocycles. The number of nitrogens with zero attached hydrogens (tertiary/aromatic N) is 2. The predicted octanol–water partition coefficient (Wildman–Crippen LogP) is 3.94. The van der Waals surface area contributed by atoms with E-state index in [0.29, 0.717) is 12.8 Å². The second-order valence-electron chi connectivity index (χ2n) is 6.41. The van der Waals surface area contributed by atoms with Crippen molar-refractivity contribution in [2.24, 2.45) is 0 Å².